The van der Waals surface area contributed by atoms with Gasteiger partial charge in [-0.15, -0.1) is 21.5 Å². The van der Waals surface area contributed by atoms with Crippen LogP contribution in [0.1, 0.15) is 0 Å². The van der Waals surface area contributed by atoms with Gasteiger partial charge in [-0.3, -0.25) is 0 Å². The van der Waals surface area contributed by atoms with Crippen LogP contribution in [0.4, 0.5) is 0 Å². The number of hydrogen-bond donors (Lipinski definition) is 0. The summed E-state index contributed by atoms with van der Waals surface area (Å²) in [6.45, 7) is 0. The summed E-state index contributed by atoms with van der Waals surface area (Å²) in [5, 5.41) is 16.5. The van der Waals surface area contributed by atoms with Crippen LogP contribution in [-0.4, -0.2) is 15.4 Å². The van der Waals surface area contributed by atoms with Crippen LogP contribution >= 0.6 is 11.3 Å². The van der Waals surface area contributed by atoms with Crippen molar-refractivity contribution in [2.45, 2.75) is 0 Å². The second-order valence-corrected chi connectivity index (χ2v) is 11.5. The number of rotatable bonds is 5. The molecule has 0 fully saturated rings. The van der Waals surface area contributed by atoms with E-state index in [2.05, 4.69) is 139 Å². The van der Waals surface area contributed by atoms with Crippen LogP contribution in [0.15, 0.2) is 152 Å². The summed E-state index contributed by atoms with van der Waals surface area (Å²) in [4.78, 5) is 0. The molecule has 2 heterocycles. The van der Waals surface area contributed by atoms with Gasteiger partial charge in [0.05, 0.1) is 0 Å². The van der Waals surface area contributed by atoms with Gasteiger partial charge in [0.2, 0.25) is 0 Å². The van der Waals surface area contributed by atoms with Crippen LogP contribution in [0.25, 0.3) is 76.1 Å². The van der Waals surface area contributed by atoms with Crippen molar-refractivity contribution in [2.24, 2.45) is 0 Å². The summed E-state index contributed by atoms with van der Waals surface area (Å²) in [5.74, 6) is 0. The zero-order valence-corrected chi connectivity index (χ0v) is 24.0. The van der Waals surface area contributed by atoms with Gasteiger partial charge in [-0.05, 0) is 45.2 Å². The Morgan fingerprint density at radius 2 is 0.930 bits per heavy atom. The topological polar surface area (TPSA) is 38.7 Å². The van der Waals surface area contributed by atoms with Crippen LogP contribution in [0.2, 0.25) is 0 Å². The third kappa shape index (κ3) is 4.40. The number of benzene rings is 6. The van der Waals surface area contributed by atoms with Gasteiger partial charge in [-0.1, -0.05) is 140 Å². The molecule has 202 valence electrons. The van der Waals surface area contributed by atoms with E-state index in [0.29, 0.717) is 0 Å². The molecule has 8 aromatic rings. The zero-order chi connectivity index (χ0) is 28.6. The van der Waals surface area contributed by atoms with Gasteiger partial charge in [-0.25, -0.2) is 0 Å². The summed E-state index contributed by atoms with van der Waals surface area (Å²) in [6.07, 6.45) is 0. The maximum absolute atomic E-state index is 4.91. The Morgan fingerprint density at radius 3 is 1.65 bits per heavy atom. The Bertz CT molecular complexity index is 2220. The molecule has 0 aliphatic heterocycles. The molecule has 0 radical (unpaired) electrons. The van der Waals surface area contributed by atoms with E-state index in [9.17, 15) is 0 Å². The first-order chi connectivity index (χ1) is 21.4. The molecule has 0 aliphatic carbocycles. The third-order valence-electron chi connectivity index (χ3n) is 7.96. The molecule has 6 aromatic carbocycles. The maximum Gasteiger partial charge on any atom is 0.106 e. The third-order valence-corrected chi connectivity index (χ3v) is 9.09. The van der Waals surface area contributed by atoms with E-state index in [0.717, 1.165) is 55.9 Å². The molecule has 0 unspecified atom stereocenters. The van der Waals surface area contributed by atoms with Crippen molar-refractivity contribution in [1.82, 2.24) is 15.4 Å². The van der Waals surface area contributed by atoms with Crippen LogP contribution in [0.5, 0.6) is 0 Å². The summed E-state index contributed by atoms with van der Waals surface area (Å²) in [7, 11) is 0. The van der Waals surface area contributed by atoms with Crippen molar-refractivity contribution in [3.8, 4) is 55.9 Å². The normalized spacial score (nSPS) is 11.3. The van der Waals surface area contributed by atoms with Crippen molar-refractivity contribution in [3.05, 3.63) is 152 Å². The van der Waals surface area contributed by atoms with E-state index in [1.165, 1.54) is 20.2 Å². The Labute approximate surface area is 253 Å². The first-order valence-corrected chi connectivity index (χ1v) is 15.1. The van der Waals surface area contributed by atoms with Gasteiger partial charge in [0.1, 0.15) is 11.4 Å². The summed E-state index contributed by atoms with van der Waals surface area (Å²) in [5.41, 5.74) is 10.3. The lowest BCUT2D eigenvalue weighted by Crippen LogP contribution is -2.02. The Kier molecular flexibility index (Phi) is 6.32. The molecule has 0 atom stereocenters. The van der Waals surface area contributed by atoms with Gasteiger partial charge < -0.3 is 0 Å². The van der Waals surface area contributed by atoms with E-state index in [4.69, 9.17) is 10.2 Å². The van der Waals surface area contributed by atoms with Crippen molar-refractivity contribution >= 4 is 31.5 Å². The van der Waals surface area contributed by atoms with Crippen molar-refractivity contribution in [1.29, 1.82) is 0 Å². The lowest BCUT2D eigenvalue weighted by atomic mass is 9.86. The lowest BCUT2D eigenvalue weighted by molar-refractivity contribution is 0.879. The van der Waals surface area contributed by atoms with Gasteiger partial charge in [0, 0.05) is 36.9 Å². The van der Waals surface area contributed by atoms with Gasteiger partial charge in [0.25, 0.3) is 0 Å². The second-order valence-electron chi connectivity index (χ2n) is 10.5. The standard InChI is InChI=1S/C39H25N3S/c1-4-14-26(15-5-1)29-20-10-11-21-31(29)37-38(28-18-8-3-9-19-28)40-42-41-39(37)36-30(27-16-6-2-7-17-27)24-25-34-35(36)32-22-12-13-23-33(32)43-34/h1-25H. The number of hydrogen-bond acceptors (Lipinski definition) is 4. The fraction of sp³-hybridized carbons (Fsp3) is 0. The fourth-order valence-electron chi connectivity index (χ4n) is 6.04. The van der Waals surface area contributed by atoms with E-state index < -0.39 is 0 Å². The number of fused-ring (bicyclic) bond motifs is 3. The van der Waals surface area contributed by atoms with Crippen molar-refractivity contribution in [3.63, 3.8) is 0 Å². The Morgan fingerprint density at radius 1 is 0.372 bits per heavy atom. The SMILES string of the molecule is c1ccc(-c2ccccc2-c2c(-c3ccccc3)nnnc2-c2c(-c3ccccc3)ccc3sc4ccccc4c23)cc1. The highest BCUT2D eigenvalue weighted by Crippen LogP contribution is 2.49. The van der Waals surface area contributed by atoms with Gasteiger partial charge in [0.15, 0.2) is 0 Å². The Hall–Kier alpha value is -5.45. The molecule has 8 rings (SSSR count). The molecule has 0 saturated carbocycles. The maximum atomic E-state index is 4.91. The van der Waals surface area contributed by atoms with Crippen LogP contribution in [0, 0.1) is 0 Å². The van der Waals surface area contributed by atoms with E-state index >= 15 is 0 Å². The molecule has 0 saturated heterocycles. The van der Waals surface area contributed by atoms with Crippen LogP contribution in [-0.2, 0) is 0 Å². The average molecular weight is 568 g/mol. The second kappa shape index (κ2) is 10.8. The molecular formula is C39H25N3S. The highest BCUT2D eigenvalue weighted by atomic mass is 32.1. The van der Waals surface area contributed by atoms with Crippen LogP contribution in [0.3, 0.4) is 0 Å². The summed E-state index contributed by atoms with van der Waals surface area (Å²) >= 11 is 1.81. The quantitative estimate of drug-likeness (QED) is 0.208. The molecule has 2 aromatic heterocycles. The predicted octanol–water partition coefficient (Wildman–Crippen LogP) is 10.6. The summed E-state index contributed by atoms with van der Waals surface area (Å²) < 4.78 is 2.47. The minimum absolute atomic E-state index is 0.810. The minimum atomic E-state index is 0.810. The number of nitrogens with zero attached hydrogens (tertiary/aromatic N) is 3. The van der Waals surface area contributed by atoms with E-state index in [1.54, 1.807) is 0 Å². The first kappa shape index (κ1) is 25.3. The monoisotopic (exact) mass is 567 g/mol. The molecule has 0 bridgehead atoms. The van der Waals surface area contributed by atoms with Crippen molar-refractivity contribution < 1.29 is 0 Å². The predicted molar refractivity (Wildman–Crippen MR) is 180 cm³/mol. The highest BCUT2D eigenvalue weighted by molar-refractivity contribution is 7.26. The number of aromatic nitrogens is 3. The summed E-state index contributed by atoms with van der Waals surface area (Å²) in [6, 6.07) is 53.1. The largest absolute Gasteiger partial charge is 0.135 e. The fourth-order valence-corrected chi connectivity index (χ4v) is 7.16. The van der Waals surface area contributed by atoms with E-state index in [-0.39, 0.29) is 0 Å². The number of thiophene rings is 1. The molecule has 0 aliphatic rings. The smallest absolute Gasteiger partial charge is 0.106 e. The van der Waals surface area contributed by atoms with Crippen molar-refractivity contribution in [2.75, 3.05) is 0 Å². The first-order valence-electron chi connectivity index (χ1n) is 14.3. The molecular weight excluding hydrogens is 543 g/mol. The molecule has 43 heavy (non-hydrogen) atoms. The van der Waals surface area contributed by atoms with Gasteiger partial charge in [-0.2, -0.15) is 0 Å². The van der Waals surface area contributed by atoms with Crippen LogP contribution < -0.4 is 0 Å². The average Bonchev–Trinajstić information content (AvgIpc) is 3.48. The Balaban J connectivity index is 1.55. The molecule has 0 N–H and O–H groups in total. The highest BCUT2D eigenvalue weighted by Gasteiger charge is 2.25. The molecule has 3 nitrogen and oxygen atoms in total. The molecule has 4 heteroatoms. The van der Waals surface area contributed by atoms with E-state index in [1.807, 2.05) is 29.5 Å². The molecule has 0 amide bonds. The minimum Gasteiger partial charge on any atom is -0.135 e. The zero-order valence-electron chi connectivity index (χ0n) is 23.2. The molecule has 0 spiro atoms. The van der Waals surface area contributed by atoms with Gasteiger partial charge >= 0.3 is 0 Å². The lowest BCUT2D eigenvalue weighted by Gasteiger charge is -2.19.